The van der Waals surface area contributed by atoms with Crippen LogP contribution in [0.15, 0.2) is 78.4 Å². The van der Waals surface area contributed by atoms with Crippen LogP contribution >= 0.6 is 0 Å². The number of carbonyl (C=O) groups is 2. The van der Waals surface area contributed by atoms with Gasteiger partial charge in [0.1, 0.15) is 5.75 Å². The molecule has 6 nitrogen and oxygen atoms in total. The van der Waals surface area contributed by atoms with Crippen LogP contribution in [0.3, 0.4) is 0 Å². The van der Waals surface area contributed by atoms with Gasteiger partial charge in [-0.25, -0.2) is 0 Å². The van der Waals surface area contributed by atoms with E-state index < -0.39 is 0 Å². The monoisotopic (exact) mass is 593 g/mol. The fraction of sp³-hybridized carbons (Fsp3) is 0.421. The van der Waals surface area contributed by atoms with Crippen molar-refractivity contribution in [2.45, 2.75) is 71.4 Å². The number of carbonyl (C=O) groups excluding carboxylic acids is 2. The number of rotatable bonds is 9. The molecular formula is C38H47N3O3. The van der Waals surface area contributed by atoms with Gasteiger partial charge in [0, 0.05) is 51.6 Å². The van der Waals surface area contributed by atoms with Crippen molar-refractivity contribution < 1.29 is 14.3 Å². The number of hydrogen-bond acceptors (Lipinski definition) is 4. The summed E-state index contributed by atoms with van der Waals surface area (Å²) in [6.45, 7) is 12.8. The largest absolute Gasteiger partial charge is 0.493 e. The quantitative estimate of drug-likeness (QED) is 0.333. The van der Waals surface area contributed by atoms with Crippen molar-refractivity contribution in [1.29, 1.82) is 0 Å². The molecule has 0 aromatic heterocycles. The van der Waals surface area contributed by atoms with Gasteiger partial charge in [-0.05, 0) is 59.1 Å². The molecule has 3 aromatic carbocycles. The van der Waals surface area contributed by atoms with E-state index in [2.05, 4.69) is 87.6 Å². The van der Waals surface area contributed by atoms with Crippen molar-refractivity contribution in [1.82, 2.24) is 15.1 Å². The Kier molecular flexibility index (Phi) is 9.59. The molecule has 0 saturated carbocycles. The number of fused-ring (bicyclic) bond motifs is 2. The van der Waals surface area contributed by atoms with Crippen LogP contribution in [0.2, 0.25) is 0 Å². The second-order valence-corrected chi connectivity index (χ2v) is 13.4. The first-order chi connectivity index (χ1) is 21.0. The van der Waals surface area contributed by atoms with E-state index in [0.717, 1.165) is 35.3 Å². The lowest BCUT2D eigenvalue weighted by molar-refractivity contribution is -0.132. The van der Waals surface area contributed by atoms with Crippen molar-refractivity contribution in [2.24, 2.45) is 0 Å². The summed E-state index contributed by atoms with van der Waals surface area (Å²) in [5.41, 5.74) is 7.84. The first-order valence-corrected chi connectivity index (χ1v) is 15.9. The normalized spacial score (nSPS) is 18.3. The standard InChI is InChI=1S/C38H47N3O3/c1-26-12-17-35(33(22-26)38(3,4)5)44-21-19-29-13-15-30(16-14-29)32-23-31-24-41(27(2)42)25-34(39-31)36(32)37(43)40(6)20-18-28-10-8-7-9-11-28/h7-17,22,31,34,39H,18-21,23-25H2,1-6H3/t31?,34-/m1/s1. The minimum absolute atomic E-state index is 0.0100. The van der Waals surface area contributed by atoms with Crippen molar-refractivity contribution in [2.75, 3.05) is 33.3 Å². The Labute approximate surface area is 263 Å². The molecular weight excluding hydrogens is 546 g/mol. The first-order valence-electron chi connectivity index (χ1n) is 15.9. The molecule has 1 unspecified atom stereocenters. The topological polar surface area (TPSA) is 61.9 Å². The highest BCUT2D eigenvalue weighted by Gasteiger charge is 2.39. The summed E-state index contributed by atoms with van der Waals surface area (Å²) in [5, 5.41) is 3.65. The molecule has 0 radical (unpaired) electrons. The number of hydrogen-bond donors (Lipinski definition) is 1. The maximum absolute atomic E-state index is 14.0. The molecule has 3 aromatic rings. The highest BCUT2D eigenvalue weighted by atomic mass is 16.5. The van der Waals surface area contributed by atoms with Gasteiger partial charge in [0.25, 0.3) is 5.91 Å². The maximum Gasteiger partial charge on any atom is 0.251 e. The van der Waals surface area contributed by atoms with Crippen molar-refractivity contribution >= 4 is 17.4 Å². The third-order valence-corrected chi connectivity index (χ3v) is 8.90. The molecule has 1 fully saturated rings. The summed E-state index contributed by atoms with van der Waals surface area (Å²) in [4.78, 5) is 30.1. The van der Waals surface area contributed by atoms with Gasteiger partial charge >= 0.3 is 0 Å². The van der Waals surface area contributed by atoms with Crippen LogP contribution in [0.25, 0.3) is 5.57 Å². The Bertz CT molecular complexity index is 1500. The molecule has 2 bridgehead atoms. The Morgan fingerprint density at radius 2 is 1.66 bits per heavy atom. The first kappa shape index (κ1) is 31.5. The van der Waals surface area contributed by atoms with Crippen LogP contribution < -0.4 is 10.1 Å². The van der Waals surface area contributed by atoms with Gasteiger partial charge in [0.2, 0.25) is 5.91 Å². The number of nitrogens with zero attached hydrogens (tertiary/aromatic N) is 2. The van der Waals surface area contributed by atoms with Gasteiger partial charge < -0.3 is 19.9 Å². The Morgan fingerprint density at radius 1 is 0.955 bits per heavy atom. The molecule has 44 heavy (non-hydrogen) atoms. The van der Waals surface area contributed by atoms with Gasteiger partial charge in [-0.3, -0.25) is 9.59 Å². The summed E-state index contributed by atoms with van der Waals surface area (Å²) in [6, 6.07) is 25.2. The molecule has 2 atom stereocenters. The third-order valence-electron chi connectivity index (χ3n) is 8.90. The molecule has 0 spiro atoms. The average Bonchev–Trinajstić information content (AvgIpc) is 3.00. The molecule has 5 rings (SSSR count). The van der Waals surface area contributed by atoms with E-state index in [4.69, 9.17) is 4.74 Å². The van der Waals surface area contributed by atoms with E-state index >= 15 is 0 Å². The van der Waals surface area contributed by atoms with Crippen molar-refractivity contribution in [3.05, 3.63) is 106 Å². The predicted octanol–water partition coefficient (Wildman–Crippen LogP) is 5.96. The van der Waals surface area contributed by atoms with Gasteiger partial charge in [-0.1, -0.05) is 93.1 Å². The summed E-state index contributed by atoms with van der Waals surface area (Å²) in [5.74, 6) is 1.04. The smallest absolute Gasteiger partial charge is 0.251 e. The summed E-state index contributed by atoms with van der Waals surface area (Å²) in [7, 11) is 1.88. The number of piperazine rings is 1. The molecule has 1 saturated heterocycles. The zero-order valence-corrected chi connectivity index (χ0v) is 27.2. The van der Waals surface area contributed by atoms with E-state index in [1.165, 1.54) is 22.3 Å². The number of benzene rings is 3. The molecule has 2 aliphatic rings. The lowest BCUT2D eigenvalue weighted by Gasteiger charge is -2.44. The highest BCUT2D eigenvalue weighted by molar-refractivity contribution is 6.03. The number of ether oxygens (including phenoxy) is 1. The fourth-order valence-corrected chi connectivity index (χ4v) is 6.38. The van der Waals surface area contributed by atoms with E-state index in [-0.39, 0.29) is 29.3 Å². The molecule has 232 valence electrons. The number of nitrogens with one attached hydrogen (secondary N) is 1. The molecule has 1 N–H and O–H groups in total. The van der Waals surface area contributed by atoms with E-state index in [1.807, 2.05) is 35.0 Å². The number of likely N-dealkylation sites (N-methyl/N-ethyl adjacent to an activating group) is 1. The lowest BCUT2D eigenvalue weighted by Crippen LogP contribution is -2.61. The van der Waals surface area contributed by atoms with Gasteiger partial charge in [0.15, 0.2) is 0 Å². The summed E-state index contributed by atoms with van der Waals surface area (Å²) < 4.78 is 6.28. The molecule has 2 heterocycles. The van der Waals surface area contributed by atoms with Crippen LogP contribution in [0.5, 0.6) is 5.75 Å². The minimum Gasteiger partial charge on any atom is -0.493 e. The van der Waals surface area contributed by atoms with E-state index in [9.17, 15) is 9.59 Å². The van der Waals surface area contributed by atoms with Gasteiger partial charge in [-0.15, -0.1) is 0 Å². The lowest BCUT2D eigenvalue weighted by atomic mass is 9.82. The Balaban J connectivity index is 1.34. The second-order valence-electron chi connectivity index (χ2n) is 13.4. The second kappa shape index (κ2) is 13.4. The van der Waals surface area contributed by atoms with Crippen molar-refractivity contribution in [3.8, 4) is 5.75 Å². The van der Waals surface area contributed by atoms with E-state index in [0.29, 0.717) is 32.7 Å². The van der Waals surface area contributed by atoms with Gasteiger partial charge in [0.05, 0.1) is 12.6 Å². The summed E-state index contributed by atoms with van der Waals surface area (Å²) >= 11 is 0. The zero-order valence-electron chi connectivity index (χ0n) is 27.2. The zero-order chi connectivity index (χ0) is 31.4. The highest BCUT2D eigenvalue weighted by Crippen LogP contribution is 2.35. The fourth-order valence-electron chi connectivity index (χ4n) is 6.38. The number of aryl methyl sites for hydroxylation is 1. The summed E-state index contributed by atoms with van der Waals surface area (Å²) in [6.07, 6.45) is 2.30. The van der Waals surface area contributed by atoms with Crippen LogP contribution in [-0.4, -0.2) is 67.0 Å². The van der Waals surface area contributed by atoms with Crippen LogP contribution in [0.4, 0.5) is 0 Å². The third kappa shape index (κ3) is 7.41. The van der Waals surface area contributed by atoms with Crippen LogP contribution in [-0.2, 0) is 27.8 Å². The minimum atomic E-state index is -0.187. The molecule has 2 aliphatic heterocycles. The Morgan fingerprint density at radius 3 is 2.34 bits per heavy atom. The van der Waals surface area contributed by atoms with Gasteiger partial charge in [-0.2, -0.15) is 0 Å². The van der Waals surface area contributed by atoms with Crippen LogP contribution in [0.1, 0.15) is 61.9 Å². The predicted molar refractivity (Wildman–Crippen MR) is 178 cm³/mol. The van der Waals surface area contributed by atoms with Crippen LogP contribution in [0, 0.1) is 6.92 Å². The Hall–Kier alpha value is -3.90. The molecule has 0 aliphatic carbocycles. The number of amides is 2. The molecule has 6 heteroatoms. The van der Waals surface area contributed by atoms with E-state index in [1.54, 1.807) is 6.92 Å². The molecule has 2 amide bonds. The SMILES string of the molecule is CC(=O)N1CC2CC(c3ccc(CCOc4ccc(C)cc4C(C)(C)C)cc3)=C(C(=O)N(C)CCc3ccccc3)[C@@H](C1)N2. The average molecular weight is 594 g/mol. The van der Waals surface area contributed by atoms with Crippen molar-refractivity contribution in [3.63, 3.8) is 0 Å². The maximum atomic E-state index is 14.0.